The molecular formula is C19H23FN2O4S. The van der Waals surface area contributed by atoms with Gasteiger partial charge < -0.3 is 10.1 Å². The Morgan fingerprint density at radius 3 is 2.41 bits per heavy atom. The first-order valence-electron chi connectivity index (χ1n) is 8.67. The topological polar surface area (TPSA) is 75.7 Å². The molecule has 0 aromatic heterocycles. The van der Waals surface area contributed by atoms with Crippen LogP contribution in [-0.2, 0) is 10.0 Å². The van der Waals surface area contributed by atoms with E-state index in [4.69, 9.17) is 4.74 Å². The van der Waals surface area contributed by atoms with Crippen LogP contribution in [0.2, 0.25) is 0 Å². The number of rotatable bonds is 8. The van der Waals surface area contributed by atoms with E-state index in [1.165, 1.54) is 40.7 Å². The number of nitrogens with one attached hydrogen (secondary N) is 1. The largest absolute Gasteiger partial charge is 0.492 e. The summed E-state index contributed by atoms with van der Waals surface area (Å²) >= 11 is 0. The summed E-state index contributed by atoms with van der Waals surface area (Å²) in [6.45, 7) is 6.28. The third-order valence-corrected chi connectivity index (χ3v) is 5.97. The maximum absolute atomic E-state index is 13.4. The van der Waals surface area contributed by atoms with Gasteiger partial charge in [0.05, 0.1) is 17.2 Å². The molecule has 146 valence electrons. The van der Waals surface area contributed by atoms with Crippen LogP contribution in [0.5, 0.6) is 5.75 Å². The van der Waals surface area contributed by atoms with Crippen molar-refractivity contribution in [3.05, 3.63) is 53.8 Å². The second-order valence-corrected chi connectivity index (χ2v) is 7.58. The van der Waals surface area contributed by atoms with Gasteiger partial charge >= 0.3 is 0 Å². The quantitative estimate of drug-likeness (QED) is 0.743. The molecule has 27 heavy (non-hydrogen) atoms. The van der Waals surface area contributed by atoms with Gasteiger partial charge in [-0.1, -0.05) is 19.9 Å². The molecule has 0 heterocycles. The Bertz CT molecular complexity index is 912. The highest BCUT2D eigenvalue weighted by atomic mass is 32.2. The van der Waals surface area contributed by atoms with E-state index >= 15 is 0 Å². The Morgan fingerprint density at radius 1 is 1.11 bits per heavy atom. The Balaban J connectivity index is 2.42. The van der Waals surface area contributed by atoms with Crippen molar-refractivity contribution in [2.75, 3.05) is 25.0 Å². The summed E-state index contributed by atoms with van der Waals surface area (Å²) in [5, 5.41) is 2.61. The molecule has 2 aromatic rings. The number of carbonyl (C=O) groups is 1. The number of nitrogens with zero attached hydrogens (tertiary/aromatic N) is 1. The highest BCUT2D eigenvalue weighted by Gasteiger charge is 2.23. The van der Waals surface area contributed by atoms with E-state index in [-0.39, 0.29) is 16.1 Å². The molecule has 0 saturated heterocycles. The highest BCUT2D eigenvalue weighted by molar-refractivity contribution is 7.89. The molecule has 0 saturated carbocycles. The molecular weight excluding hydrogens is 371 g/mol. The van der Waals surface area contributed by atoms with Crippen molar-refractivity contribution in [1.29, 1.82) is 0 Å². The first-order valence-corrected chi connectivity index (χ1v) is 10.1. The zero-order valence-electron chi connectivity index (χ0n) is 15.5. The molecule has 0 radical (unpaired) electrons. The summed E-state index contributed by atoms with van der Waals surface area (Å²) in [7, 11) is -3.70. The zero-order chi connectivity index (χ0) is 20.0. The molecule has 0 aliphatic heterocycles. The van der Waals surface area contributed by atoms with E-state index < -0.39 is 21.7 Å². The second-order valence-electron chi connectivity index (χ2n) is 5.64. The number of anilines is 1. The zero-order valence-corrected chi connectivity index (χ0v) is 16.3. The molecule has 0 fully saturated rings. The SMILES string of the molecule is CCOc1ccc(S(=O)(=O)N(CC)CC)cc1NC(=O)c1cccc(F)c1. The van der Waals surface area contributed by atoms with Gasteiger partial charge in [-0.3, -0.25) is 4.79 Å². The molecule has 2 aromatic carbocycles. The Kier molecular flexibility index (Phi) is 6.92. The number of hydrogen-bond donors (Lipinski definition) is 1. The predicted octanol–water partition coefficient (Wildman–Crippen LogP) is 3.51. The van der Waals surface area contributed by atoms with Gasteiger partial charge in [0, 0.05) is 18.7 Å². The summed E-state index contributed by atoms with van der Waals surface area (Å²) < 4.78 is 45.6. The molecule has 0 bridgehead atoms. The number of amides is 1. The maximum atomic E-state index is 13.4. The van der Waals surface area contributed by atoms with Crippen LogP contribution < -0.4 is 10.1 Å². The van der Waals surface area contributed by atoms with Crippen LogP contribution in [0, 0.1) is 5.82 Å². The van der Waals surface area contributed by atoms with E-state index in [0.29, 0.717) is 25.4 Å². The van der Waals surface area contributed by atoms with Crippen LogP contribution in [0.4, 0.5) is 10.1 Å². The normalized spacial score (nSPS) is 11.4. The van der Waals surface area contributed by atoms with E-state index in [9.17, 15) is 17.6 Å². The molecule has 8 heteroatoms. The summed E-state index contributed by atoms with van der Waals surface area (Å²) in [5.74, 6) is -0.765. The molecule has 1 N–H and O–H groups in total. The number of hydrogen-bond acceptors (Lipinski definition) is 4. The van der Waals surface area contributed by atoms with E-state index in [2.05, 4.69) is 5.32 Å². The first-order chi connectivity index (χ1) is 12.8. The molecule has 0 aliphatic rings. The van der Waals surface area contributed by atoms with Crippen LogP contribution in [0.3, 0.4) is 0 Å². The van der Waals surface area contributed by atoms with Gasteiger partial charge in [-0.25, -0.2) is 12.8 Å². The summed E-state index contributed by atoms with van der Waals surface area (Å²) in [6.07, 6.45) is 0. The lowest BCUT2D eigenvalue weighted by atomic mass is 10.2. The summed E-state index contributed by atoms with van der Waals surface area (Å²) in [5.41, 5.74) is 0.328. The van der Waals surface area contributed by atoms with Crippen molar-refractivity contribution in [3.63, 3.8) is 0 Å². The van der Waals surface area contributed by atoms with Crippen molar-refractivity contribution in [1.82, 2.24) is 4.31 Å². The lowest BCUT2D eigenvalue weighted by Crippen LogP contribution is -2.30. The van der Waals surface area contributed by atoms with Gasteiger partial charge in [0.1, 0.15) is 11.6 Å². The van der Waals surface area contributed by atoms with Crippen molar-refractivity contribution < 1.29 is 22.3 Å². The molecule has 1 amide bonds. The maximum Gasteiger partial charge on any atom is 0.255 e. The molecule has 0 unspecified atom stereocenters. The fourth-order valence-corrected chi connectivity index (χ4v) is 4.07. The van der Waals surface area contributed by atoms with E-state index in [1.54, 1.807) is 20.8 Å². The van der Waals surface area contributed by atoms with Crippen molar-refractivity contribution >= 4 is 21.6 Å². The first kappa shape index (κ1) is 20.9. The van der Waals surface area contributed by atoms with Crippen molar-refractivity contribution in [2.45, 2.75) is 25.7 Å². The Hall–Kier alpha value is -2.45. The molecule has 0 spiro atoms. The monoisotopic (exact) mass is 394 g/mol. The Morgan fingerprint density at radius 2 is 1.81 bits per heavy atom. The minimum atomic E-state index is -3.70. The number of benzene rings is 2. The summed E-state index contributed by atoms with van der Waals surface area (Å²) in [6, 6.07) is 9.53. The minimum Gasteiger partial charge on any atom is -0.492 e. The number of sulfonamides is 1. The van der Waals surface area contributed by atoms with Gasteiger partial charge in [-0.15, -0.1) is 0 Å². The standard InChI is InChI=1S/C19H23FN2O4S/c1-4-22(5-2)27(24,25)16-10-11-18(26-6-3)17(13-16)21-19(23)14-8-7-9-15(20)12-14/h7-13H,4-6H2,1-3H3,(H,21,23). The van der Waals surface area contributed by atoms with E-state index in [1.807, 2.05) is 0 Å². The fraction of sp³-hybridized carbons (Fsp3) is 0.316. The van der Waals surface area contributed by atoms with Gasteiger partial charge in [-0.2, -0.15) is 4.31 Å². The molecule has 6 nitrogen and oxygen atoms in total. The summed E-state index contributed by atoms with van der Waals surface area (Å²) in [4.78, 5) is 12.5. The predicted molar refractivity (Wildman–Crippen MR) is 102 cm³/mol. The van der Waals surface area contributed by atoms with Crippen LogP contribution in [0.15, 0.2) is 47.4 Å². The van der Waals surface area contributed by atoms with Crippen LogP contribution >= 0.6 is 0 Å². The van der Waals surface area contributed by atoms with Crippen molar-refractivity contribution in [2.24, 2.45) is 0 Å². The minimum absolute atomic E-state index is 0.0456. The number of carbonyl (C=O) groups excluding carboxylic acids is 1. The molecule has 0 atom stereocenters. The lowest BCUT2D eigenvalue weighted by molar-refractivity contribution is 0.102. The van der Waals surface area contributed by atoms with Gasteiger partial charge in [0.2, 0.25) is 10.0 Å². The molecule has 0 aliphatic carbocycles. The van der Waals surface area contributed by atoms with Gasteiger partial charge in [-0.05, 0) is 43.3 Å². The van der Waals surface area contributed by atoms with Crippen LogP contribution in [0.1, 0.15) is 31.1 Å². The number of ether oxygens (including phenoxy) is 1. The molecule has 2 rings (SSSR count). The average Bonchev–Trinajstić information content (AvgIpc) is 2.64. The number of halogens is 1. The van der Waals surface area contributed by atoms with E-state index in [0.717, 1.165) is 6.07 Å². The van der Waals surface area contributed by atoms with Gasteiger partial charge in [0.25, 0.3) is 5.91 Å². The third-order valence-electron chi connectivity index (χ3n) is 3.93. The smallest absolute Gasteiger partial charge is 0.255 e. The highest BCUT2D eigenvalue weighted by Crippen LogP contribution is 2.29. The fourth-order valence-electron chi connectivity index (χ4n) is 2.59. The third kappa shape index (κ3) is 4.84. The average molecular weight is 394 g/mol. The van der Waals surface area contributed by atoms with Crippen LogP contribution in [0.25, 0.3) is 0 Å². The van der Waals surface area contributed by atoms with Crippen molar-refractivity contribution in [3.8, 4) is 5.75 Å². The second kappa shape index (κ2) is 8.96. The van der Waals surface area contributed by atoms with Crippen LogP contribution in [-0.4, -0.2) is 38.3 Å². The Labute approximate surface area is 159 Å². The lowest BCUT2D eigenvalue weighted by Gasteiger charge is -2.20. The van der Waals surface area contributed by atoms with Gasteiger partial charge in [0.15, 0.2) is 0 Å².